The molecule has 0 aliphatic heterocycles. The zero-order valence-electron chi connectivity index (χ0n) is 16.0. The number of carbonyl (C=O) groups excluding carboxylic acids is 2. The predicted molar refractivity (Wildman–Crippen MR) is 105 cm³/mol. The molecule has 1 aromatic carbocycles. The summed E-state index contributed by atoms with van der Waals surface area (Å²) in [5, 5.41) is 6.09. The molecule has 1 aromatic rings. The molecule has 27 heavy (non-hydrogen) atoms. The predicted octanol–water partition coefficient (Wildman–Crippen LogP) is 2.60. The lowest BCUT2D eigenvalue weighted by Gasteiger charge is -2.55. The van der Waals surface area contributed by atoms with Gasteiger partial charge in [-0.1, -0.05) is 12.1 Å². The van der Waals surface area contributed by atoms with Crippen molar-refractivity contribution in [1.82, 2.24) is 10.6 Å². The normalized spacial score (nSPS) is 30.9. The zero-order valence-corrected chi connectivity index (χ0v) is 16.0. The van der Waals surface area contributed by atoms with Gasteiger partial charge < -0.3 is 16.4 Å². The van der Waals surface area contributed by atoms with Crippen LogP contribution in [-0.2, 0) is 11.3 Å². The molecule has 4 aliphatic carbocycles. The molecule has 5 nitrogen and oxygen atoms in total. The molecule has 0 spiro atoms. The van der Waals surface area contributed by atoms with Gasteiger partial charge in [0.1, 0.15) is 0 Å². The summed E-state index contributed by atoms with van der Waals surface area (Å²) in [6, 6.07) is 7.35. The summed E-state index contributed by atoms with van der Waals surface area (Å²) in [6.07, 6.45) is 8.10. The third-order valence-corrected chi connectivity index (χ3v) is 6.90. The number of nitrogens with one attached hydrogen (secondary N) is 2. The molecule has 0 radical (unpaired) electrons. The topological polar surface area (TPSA) is 84.2 Å². The Hall–Kier alpha value is -1.88. The Labute approximate surface area is 161 Å². The van der Waals surface area contributed by atoms with Crippen LogP contribution in [0.2, 0.25) is 0 Å². The third kappa shape index (κ3) is 3.88. The Morgan fingerprint density at radius 2 is 1.48 bits per heavy atom. The van der Waals surface area contributed by atoms with E-state index in [1.807, 2.05) is 12.1 Å². The molecule has 4 aliphatic rings. The first-order valence-corrected chi connectivity index (χ1v) is 10.4. The summed E-state index contributed by atoms with van der Waals surface area (Å²) in [7, 11) is 0. The molecule has 4 bridgehead atoms. The van der Waals surface area contributed by atoms with Crippen molar-refractivity contribution in [2.75, 3.05) is 13.1 Å². The highest BCUT2D eigenvalue weighted by molar-refractivity contribution is 5.94. The molecule has 2 amide bonds. The van der Waals surface area contributed by atoms with Crippen LogP contribution < -0.4 is 16.4 Å². The molecule has 5 rings (SSSR count). The van der Waals surface area contributed by atoms with E-state index in [0.717, 1.165) is 49.0 Å². The fraction of sp³-hybridized carbons (Fsp3) is 0.636. The zero-order chi connectivity index (χ0) is 18.9. The maximum absolute atomic E-state index is 12.9. The van der Waals surface area contributed by atoms with E-state index in [1.54, 1.807) is 12.1 Å². The van der Waals surface area contributed by atoms with Crippen LogP contribution in [0.5, 0.6) is 0 Å². The Balaban J connectivity index is 1.19. The molecule has 5 heteroatoms. The van der Waals surface area contributed by atoms with Gasteiger partial charge in [0.05, 0.1) is 0 Å². The number of nitrogens with two attached hydrogens (primary N) is 1. The summed E-state index contributed by atoms with van der Waals surface area (Å²) in [4.78, 5) is 25.0. The monoisotopic (exact) mass is 369 g/mol. The molecule has 0 saturated heterocycles. The quantitative estimate of drug-likeness (QED) is 0.646. The van der Waals surface area contributed by atoms with Gasteiger partial charge in [-0.05, 0) is 80.4 Å². The van der Waals surface area contributed by atoms with E-state index in [9.17, 15) is 9.59 Å². The van der Waals surface area contributed by atoms with Crippen molar-refractivity contribution in [1.29, 1.82) is 0 Å². The van der Waals surface area contributed by atoms with Gasteiger partial charge in [-0.2, -0.15) is 0 Å². The Morgan fingerprint density at radius 3 is 2.04 bits per heavy atom. The van der Waals surface area contributed by atoms with Gasteiger partial charge >= 0.3 is 0 Å². The molecular weight excluding hydrogens is 338 g/mol. The van der Waals surface area contributed by atoms with Crippen molar-refractivity contribution < 1.29 is 9.59 Å². The van der Waals surface area contributed by atoms with Gasteiger partial charge in [0.25, 0.3) is 5.91 Å². The molecule has 146 valence electrons. The van der Waals surface area contributed by atoms with Crippen molar-refractivity contribution in [2.24, 2.45) is 28.9 Å². The van der Waals surface area contributed by atoms with E-state index >= 15 is 0 Å². The first-order chi connectivity index (χ1) is 13.1. The number of hydrogen-bond donors (Lipinski definition) is 3. The maximum Gasteiger partial charge on any atom is 0.251 e. The first kappa shape index (κ1) is 18.5. The standard InChI is InChI=1S/C22H31N3O2/c23-14-15-2-4-19(5-3-15)20(26)24-6-1-7-25-21(27)22-11-16-8-17(12-22)10-18(9-16)13-22/h2-5,16-18H,1,6-14,23H2,(H,24,26)(H,25,27). The van der Waals surface area contributed by atoms with Crippen molar-refractivity contribution in [2.45, 2.75) is 51.5 Å². The van der Waals surface area contributed by atoms with Crippen LogP contribution >= 0.6 is 0 Å². The van der Waals surface area contributed by atoms with Crippen molar-refractivity contribution in [3.63, 3.8) is 0 Å². The summed E-state index contributed by atoms with van der Waals surface area (Å²) in [5.74, 6) is 2.54. The number of rotatable bonds is 7. The minimum atomic E-state index is -0.0806. The summed E-state index contributed by atoms with van der Waals surface area (Å²) < 4.78 is 0. The lowest BCUT2D eigenvalue weighted by Crippen LogP contribution is -2.53. The molecule has 4 N–H and O–H groups in total. The second-order valence-corrected chi connectivity index (χ2v) is 8.96. The fourth-order valence-corrected chi connectivity index (χ4v) is 5.96. The molecule has 0 atom stereocenters. The SMILES string of the molecule is NCc1ccc(C(=O)NCCCNC(=O)C23CC4CC(CC(C4)C2)C3)cc1. The second-order valence-electron chi connectivity index (χ2n) is 8.96. The van der Waals surface area contributed by atoms with Crippen molar-refractivity contribution >= 4 is 11.8 Å². The molecule has 4 saturated carbocycles. The van der Waals surface area contributed by atoms with Gasteiger partial charge in [-0.15, -0.1) is 0 Å². The van der Waals surface area contributed by atoms with E-state index < -0.39 is 0 Å². The van der Waals surface area contributed by atoms with E-state index in [4.69, 9.17) is 5.73 Å². The maximum atomic E-state index is 12.9. The highest BCUT2D eigenvalue weighted by Crippen LogP contribution is 2.60. The average Bonchev–Trinajstić information content (AvgIpc) is 2.66. The summed E-state index contributed by atoms with van der Waals surface area (Å²) >= 11 is 0. The lowest BCUT2D eigenvalue weighted by molar-refractivity contribution is -0.146. The fourth-order valence-electron chi connectivity index (χ4n) is 5.96. The number of benzene rings is 1. The van der Waals surface area contributed by atoms with Crippen LogP contribution in [0.15, 0.2) is 24.3 Å². The van der Waals surface area contributed by atoms with Crippen LogP contribution in [0.4, 0.5) is 0 Å². The molecule has 0 heterocycles. The average molecular weight is 370 g/mol. The second kappa shape index (κ2) is 7.63. The van der Waals surface area contributed by atoms with Gasteiger partial charge in [0.15, 0.2) is 0 Å². The highest BCUT2D eigenvalue weighted by Gasteiger charge is 2.54. The Kier molecular flexibility index (Phi) is 5.22. The summed E-state index contributed by atoms with van der Waals surface area (Å²) in [6.45, 7) is 1.68. The largest absolute Gasteiger partial charge is 0.356 e. The minimum Gasteiger partial charge on any atom is -0.356 e. The number of amides is 2. The van der Waals surface area contributed by atoms with Gasteiger partial charge in [-0.25, -0.2) is 0 Å². The first-order valence-electron chi connectivity index (χ1n) is 10.4. The summed E-state index contributed by atoms with van der Waals surface area (Å²) in [5.41, 5.74) is 7.15. The van der Waals surface area contributed by atoms with Gasteiger partial charge in [0.2, 0.25) is 5.91 Å². The molecule has 0 unspecified atom stereocenters. The Morgan fingerprint density at radius 1 is 0.926 bits per heavy atom. The molecular formula is C22H31N3O2. The van der Waals surface area contributed by atoms with Crippen LogP contribution in [0, 0.1) is 23.2 Å². The van der Waals surface area contributed by atoms with Crippen LogP contribution in [0.25, 0.3) is 0 Å². The minimum absolute atomic E-state index is 0.0778. The van der Waals surface area contributed by atoms with E-state index in [-0.39, 0.29) is 17.2 Å². The van der Waals surface area contributed by atoms with E-state index in [0.29, 0.717) is 25.2 Å². The van der Waals surface area contributed by atoms with E-state index in [2.05, 4.69) is 10.6 Å². The van der Waals surface area contributed by atoms with Crippen LogP contribution in [-0.4, -0.2) is 24.9 Å². The lowest BCUT2D eigenvalue weighted by atomic mass is 9.49. The molecule has 0 aromatic heterocycles. The van der Waals surface area contributed by atoms with E-state index in [1.165, 1.54) is 19.3 Å². The molecule has 4 fully saturated rings. The highest BCUT2D eigenvalue weighted by atomic mass is 16.2. The van der Waals surface area contributed by atoms with Gasteiger partial charge in [0, 0.05) is 30.6 Å². The number of carbonyl (C=O) groups is 2. The van der Waals surface area contributed by atoms with Crippen LogP contribution in [0.3, 0.4) is 0 Å². The third-order valence-electron chi connectivity index (χ3n) is 6.90. The van der Waals surface area contributed by atoms with Gasteiger partial charge in [-0.3, -0.25) is 9.59 Å². The van der Waals surface area contributed by atoms with Crippen molar-refractivity contribution in [3.05, 3.63) is 35.4 Å². The Bertz CT molecular complexity index is 663. The smallest absolute Gasteiger partial charge is 0.251 e. The van der Waals surface area contributed by atoms with Crippen molar-refractivity contribution in [3.8, 4) is 0 Å². The van der Waals surface area contributed by atoms with Crippen LogP contribution in [0.1, 0.15) is 60.9 Å². The number of hydrogen-bond acceptors (Lipinski definition) is 3.